The molecule has 0 spiro atoms. The fraction of sp³-hybridized carbons (Fsp3) is 0.222. The maximum Gasteiger partial charge on any atom is 0.316 e. The Morgan fingerprint density at radius 3 is 2.42 bits per heavy atom. The fourth-order valence-corrected chi connectivity index (χ4v) is 0.623. The molecule has 0 saturated carbocycles. The van der Waals surface area contributed by atoms with Gasteiger partial charge in [0.15, 0.2) is 0 Å². The monoisotopic (exact) mass is 166 g/mol. The molecule has 0 atom stereocenters. The summed E-state index contributed by atoms with van der Waals surface area (Å²) in [7, 11) is 0. The molecule has 0 aromatic carbocycles. The number of rotatable bonds is 3. The number of hydrogen-bond acceptors (Lipinski definition) is 1. The highest BCUT2D eigenvalue weighted by Gasteiger charge is 1.91. The molecule has 0 rings (SSSR count). The molecule has 66 valence electrons. The molecule has 0 unspecified atom stereocenters. The lowest BCUT2D eigenvalue weighted by Crippen LogP contribution is -2.27. The van der Waals surface area contributed by atoms with Gasteiger partial charge in [-0.15, -0.1) is 0 Å². The first kappa shape index (κ1) is 10.5. The van der Waals surface area contributed by atoms with Crippen molar-refractivity contribution in [3.63, 3.8) is 0 Å². The van der Waals surface area contributed by atoms with Crippen molar-refractivity contribution in [3.05, 3.63) is 36.1 Å². The largest absolute Gasteiger partial charge is 0.351 e. The van der Waals surface area contributed by atoms with Crippen molar-refractivity contribution in [2.24, 2.45) is 5.73 Å². The van der Waals surface area contributed by atoms with E-state index in [9.17, 15) is 4.79 Å². The SMILES string of the molecule is C\C=C/C=C\C(=C/C)NC(N)=O. The molecule has 3 heteroatoms. The van der Waals surface area contributed by atoms with Crippen LogP contribution in [0.2, 0.25) is 0 Å². The van der Waals surface area contributed by atoms with E-state index in [4.69, 9.17) is 5.73 Å². The van der Waals surface area contributed by atoms with Gasteiger partial charge in [-0.25, -0.2) is 4.79 Å². The second-order valence-electron chi connectivity index (χ2n) is 2.12. The molecule has 0 heterocycles. The van der Waals surface area contributed by atoms with E-state index < -0.39 is 6.03 Å². The smallest absolute Gasteiger partial charge is 0.316 e. The number of hydrogen-bond donors (Lipinski definition) is 2. The molecular formula is C9H14N2O. The van der Waals surface area contributed by atoms with Crippen LogP contribution < -0.4 is 11.1 Å². The van der Waals surface area contributed by atoms with Gasteiger partial charge in [-0.1, -0.05) is 24.3 Å². The molecule has 3 nitrogen and oxygen atoms in total. The Kier molecular flexibility index (Phi) is 5.43. The van der Waals surface area contributed by atoms with E-state index in [2.05, 4.69) is 5.32 Å². The zero-order valence-corrected chi connectivity index (χ0v) is 7.37. The van der Waals surface area contributed by atoms with Gasteiger partial charge < -0.3 is 11.1 Å². The summed E-state index contributed by atoms with van der Waals surface area (Å²) in [4.78, 5) is 10.4. The third kappa shape index (κ3) is 5.29. The number of amides is 2. The summed E-state index contributed by atoms with van der Waals surface area (Å²) < 4.78 is 0. The molecule has 0 fully saturated rings. The maximum atomic E-state index is 10.4. The molecule has 0 saturated heterocycles. The van der Waals surface area contributed by atoms with E-state index in [0.29, 0.717) is 5.70 Å². The van der Waals surface area contributed by atoms with Crippen LogP contribution in [0.25, 0.3) is 0 Å². The van der Waals surface area contributed by atoms with Crippen molar-refractivity contribution >= 4 is 6.03 Å². The molecule has 0 bridgehead atoms. The zero-order valence-electron chi connectivity index (χ0n) is 7.37. The summed E-state index contributed by atoms with van der Waals surface area (Å²) in [5.41, 5.74) is 5.63. The van der Waals surface area contributed by atoms with Crippen molar-refractivity contribution in [1.29, 1.82) is 0 Å². The van der Waals surface area contributed by atoms with Crippen molar-refractivity contribution < 1.29 is 4.79 Å². The summed E-state index contributed by atoms with van der Waals surface area (Å²) in [6.07, 6.45) is 9.13. The summed E-state index contributed by atoms with van der Waals surface area (Å²) in [5.74, 6) is 0. The van der Waals surface area contributed by atoms with Gasteiger partial charge in [0.1, 0.15) is 0 Å². The van der Waals surface area contributed by atoms with Crippen LogP contribution in [0, 0.1) is 0 Å². The van der Waals surface area contributed by atoms with Crippen LogP contribution in [-0.2, 0) is 0 Å². The second-order valence-corrected chi connectivity index (χ2v) is 2.12. The van der Waals surface area contributed by atoms with Crippen LogP contribution in [0.1, 0.15) is 13.8 Å². The highest BCUT2D eigenvalue weighted by Crippen LogP contribution is 1.91. The average Bonchev–Trinajstić information content (AvgIpc) is 2.02. The van der Waals surface area contributed by atoms with Gasteiger partial charge in [0.05, 0.1) is 0 Å². The lowest BCUT2D eigenvalue weighted by molar-refractivity contribution is 0.251. The number of carbonyl (C=O) groups is 1. The number of allylic oxidation sites excluding steroid dienone is 5. The average molecular weight is 166 g/mol. The quantitative estimate of drug-likeness (QED) is 0.616. The van der Waals surface area contributed by atoms with Crippen molar-refractivity contribution in [2.75, 3.05) is 0 Å². The Bertz CT molecular complexity index is 227. The number of carbonyl (C=O) groups excluding carboxylic acids is 1. The Morgan fingerprint density at radius 2 is 2.00 bits per heavy atom. The molecule has 0 aromatic heterocycles. The molecule has 0 radical (unpaired) electrons. The molecule has 12 heavy (non-hydrogen) atoms. The van der Waals surface area contributed by atoms with Crippen LogP contribution in [0.15, 0.2) is 36.1 Å². The normalized spacial score (nSPS) is 12.7. The molecule has 0 aliphatic heterocycles. The topological polar surface area (TPSA) is 55.1 Å². The van der Waals surface area contributed by atoms with Crippen LogP contribution in [0.4, 0.5) is 4.79 Å². The standard InChI is InChI=1S/C9H14N2O/c1-3-5-6-7-8(4-2)11-9(10)12/h3-7H,1-2H3,(H3,10,11,12)/b5-3-,7-6-,8-4+. The van der Waals surface area contributed by atoms with Gasteiger partial charge in [0, 0.05) is 5.70 Å². The molecular weight excluding hydrogens is 152 g/mol. The van der Waals surface area contributed by atoms with Gasteiger partial charge >= 0.3 is 6.03 Å². The highest BCUT2D eigenvalue weighted by molar-refractivity contribution is 5.74. The molecule has 0 aromatic rings. The summed E-state index contributed by atoms with van der Waals surface area (Å²) in [5, 5.41) is 2.47. The van der Waals surface area contributed by atoms with E-state index >= 15 is 0 Å². The van der Waals surface area contributed by atoms with E-state index in [0.717, 1.165) is 0 Å². The van der Waals surface area contributed by atoms with E-state index in [1.807, 2.05) is 32.1 Å². The fourth-order valence-electron chi connectivity index (χ4n) is 0.623. The minimum atomic E-state index is -0.548. The van der Waals surface area contributed by atoms with Crippen LogP contribution in [0.5, 0.6) is 0 Å². The predicted molar refractivity (Wildman–Crippen MR) is 50.4 cm³/mol. The molecule has 0 aliphatic carbocycles. The number of primary amides is 1. The van der Waals surface area contributed by atoms with Crippen molar-refractivity contribution in [1.82, 2.24) is 5.32 Å². The molecule has 2 amide bonds. The Hall–Kier alpha value is -1.51. The van der Waals surface area contributed by atoms with Gasteiger partial charge in [-0.05, 0) is 19.9 Å². The van der Waals surface area contributed by atoms with Crippen LogP contribution in [0.3, 0.4) is 0 Å². The summed E-state index contributed by atoms with van der Waals surface area (Å²) in [6.45, 7) is 3.74. The number of urea groups is 1. The Labute approximate surface area is 72.6 Å². The van der Waals surface area contributed by atoms with Crippen LogP contribution >= 0.6 is 0 Å². The van der Waals surface area contributed by atoms with Crippen LogP contribution in [-0.4, -0.2) is 6.03 Å². The summed E-state index contributed by atoms with van der Waals surface area (Å²) >= 11 is 0. The van der Waals surface area contributed by atoms with Gasteiger partial charge in [0.25, 0.3) is 0 Å². The minimum absolute atomic E-state index is 0.548. The Morgan fingerprint density at radius 1 is 1.33 bits per heavy atom. The van der Waals surface area contributed by atoms with E-state index in [1.165, 1.54) is 0 Å². The predicted octanol–water partition coefficient (Wildman–Crippen LogP) is 1.69. The third-order valence-corrected chi connectivity index (χ3v) is 1.16. The number of nitrogens with two attached hydrogens (primary N) is 1. The Balaban J connectivity index is 4.10. The molecule has 0 aliphatic rings. The third-order valence-electron chi connectivity index (χ3n) is 1.16. The minimum Gasteiger partial charge on any atom is -0.351 e. The van der Waals surface area contributed by atoms with Gasteiger partial charge in [-0.2, -0.15) is 0 Å². The van der Waals surface area contributed by atoms with Crippen molar-refractivity contribution in [3.8, 4) is 0 Å². The van der Waals surface area contributed by atoms with Gasteiger partial charge in [0.2, 0.25) is 0 Å². The van der Waals surface area contributed by atoms with E-state index in [1.54, 1.807) is 12.2 Å². The lowest BCUT2D eigenvalue weighted by Gasteiger charge is -1.99. The lowest BCUT2D eigenvalue weighted by atomic mass is 10.3. The first-order chi connectivity index (χ1) is 5.70. The number of nitrogens with one attached hydrogen (secondary N) is 1. The first-order valence-corrected chi connectivity index (χ1v) is 3.72. The van der Waals surface area contributed by atoms with E-state index in [-0.39, 0.29) is 0 Å². The first-order valence-electron chi connectivity index (χ1n) is 3.72. The van der Waals surface area contributed by atoms with Gasteiger partial charge in [-0.3, -0.25) is 0 Å². The maximum absolute atomic E-state index is 10.4. The molecule has 3 N–H and O–H groups in total. The van der Waals surface area contributed by atoms with Crippen molar-refractivity contribution in [2.45, 2.75) is 13.8 Å². The second kappa shape index (κ2) is 6.22. The zero-order chi connectivity index (χ0) is 9.40. The highest BCUT2D eigenvalue weighted by atomic mass is 16.2. The summed E-state index contributed by atoms with van der Waals surface area (Å²) in [6, 6.07) is -0.548.